The SMILES string of the molecule is CCN1CCN(C(=O)NC(C(=O)N[C@H]2Cc3cccc(C(=O)O)c3OB2O)c2ccc(O)c([N+](=O)[O-])c2)C(=O)C1=O. The fourth-order valence-corrected chi connectivity index (χ4v) is 4.52. The minimum absolute atomic E-state index is 0.0549. The van der Waals surface area contributed by atoms with E-state index in [9.17, 15) is 49.3 Å². The highest BCUT2D eigenvalue weighted by molar-refractivity contribution is 6.47. The lowest BCUT2D eigenvalue weighted by Crippen LogP contribution is -2.60. The van der Waals surface area contributed by atoms with Crippen molar-refractivity contribution in [1.29, 1.82) is 0 Å². The number of nitrogens with one attached hydrogen (secondary N) is 2. The van der Waals surface area contributed by atoms with E-state index in [1.54, 1.807) is 6.92 Å². The van der Waals surface area contributed by atoms with Crippen molar-refractivity contribution in [2.24, 2.45) is 0 Å². The van der Waals surface area contributed by atoms with Crippen LogP contribution in [0.4, 0.5) is 10.5 Å². The van der Waals surface area contributed by atoms with Crippen LogP contribution in [0.15, 0.2) is 36.4 Å². The zero-order valence-electron chi connectivity index (χ0n) is 21.5. The fraction of sp³-hybridized carbons (Fsp3) is 0.292. The topological polar surface area (TPSA) is 229 Å². The number of fused-ring (bicyclic) bond motifs is 1. The van der Waals surface area contributed by atoms with Crippen molar-refractivity contribution >= 4 is 42.5 Å². The van der Waals surface area contributed by atoms with Crippen LogP contribution in [-0.2, 0) is 20.8 Å². The molecule has 2 aliphatic heterocycles. The van der Waals surface area contributed by atoms with Crippen LogP contribution in [0.1, 0.15) is 34.5 Å². The van der Waals surface area contributed by atoms with Gasteiger partial charge in [0.2, 0.25) is 5.91 Å². The highest BCUT2D eigenvalue weighted by atomic mass is 16.6. The van der Waals surface area contributed by atoms with E-state index in [0.29, 0.717) is 10.5 Å². The molecule has 1 saturated heterocycles. The first kappa shape index (κ1) is 28.8. The molecule has 1 fully saturated rings. The van der Waals surface area contributed by atoms with Gasteiger partial charge in [0.15, 0.2) is 5.75 Å². The van der Waals surface area contributed by atoms with Gasteiger partial charge in [0.1, 0.15) is 11.8 Å². The van der Waals surface area contributed by atoms with Crippen molar-refractivity contribution in [2.75, 3.05) is 19.6 Å². The van der Waals surface area contributed by atoms with E-state index in [1.165, 1.54) is 23.1 Å². The molecule has 2 aromatic carbocycles. The summed E-state index contributed by atoms with van der Waals surface area (Å²) in [6.45, 7) is 1.78. The number of aromatic hydroxyl groups is 1. The number of aromatic carboxylic acids is 1. The summed E-state index contributed by atoms with van der Waals surface area (Å²) < 4.78 is 5.37. The molecule has 1 unspecified atom stereocenters. The van der Waals surface area contributed by atoms with E-state index in [1.807, 2.05) is 0 Å². The Labute approximate surface area is 231 Å². The number of phenols is 1. The number of carbonyl (C=O) groups excluding carboxylic acids is 4. The molecule has 0 radical (unpaired) electrons. The number of nitro groups is 1. The molecule has 214 valence electrons. The van der Waals surface area contributed by atoms with Crippen molar-refractivity contribution in [2.45, 2.75) is 25.3 Å². The van der Waals surface area contributed by atoms with Crippen LogP contribution < -0.4 is 15.3 Å². The molecule has 0 aromatic heterocycles. The van der Waals surface area contributed by atoms with Crippen molar-refractivity contribution < 1.29 is 48.8 Å². The number of piperazine rings is 1. The summed E-state index contributed by atoms with van der Waals surface area (Å²) in [7, 11) is -1.71. The van der Waals surface area contributed by atoms with Gasteiger partial charge in [-0.05, 0) is 36.6 Å². The molecule has 2 aliphatic rings. The van der Waals surface area contributed by atoms with Crippen molar-refractivity contribution in [3.05, 3.63) is 63.2 Å². The van der Waals surface area contributed by atoms with Crippen LogP contribution in [0.5, 0.6) is 11.5 Å². The number of nitro benzene ring substituents is 1. The van der Waals surface area contributed by atoms with Crippen molar-refractivity contribution in [3.8, 4) is 11.5 Å². The number of para-hydroxylation sites is 1. The smallest absolute Gasteiger partial charge is 0.534 e. The minimum Gasteiger partial charge on any atom is -0.534 e. The van der Waals surface area contributed by atoms with Gasteiger partial charge in [0, 0.05) is 25.7 Å². The van der Waals surface area contributed by atoms with Crippen LogP contribution in [0.2, 0.25) is 0 Å². The molecule has 5 amide bonds. The first-order valence-electron chi connectivity index (χ1n) is 12.3. The molecule has 0 bridgehead atoms. The zero-order chi connectivity index (χ0) is 30.0. The standard InChI is InChI=1S/C24H24BN5O11/c1-2-28-8-9-29(22(34)21(28)33)24(37)27-18(12-6-7-16(31)15(10-12)30(39)40)20(32)26-17-11-13-4-3-5-14(23(35)36)19(13)41-25(17)38/h3-7,10,17-18,31,38H,2,8-9,11H2,1H3,(H,26,32)(H,27,37)(H,35,36)/t17-,18?/m0/s1. The third-order valence-corrected chi connectivity index (χ3v) is 6.67. The number of imide groups is 1. The van der Waals surface area contributed by atoms with E-state index < -0.39 is 65.2 Å². The largest absolute Gasteiger partial charge is 0.547 e. The third kappa shape index (κ3) is 5.74. The maximum absolute atomic E-state index is 13.5. The quantitative estimate of drug-likeness (QED) is 0.124. The second-order valence-corrected chi connectivity index (χ2v) is 9.16. The van der Waals surface area contributed by atoms with Gasteiger partial charge in [-0.3, -0.25) is 29.4 Å². The number of carboxylic acids is 1. The lowest BCUT2D eigenvalue weighted by atomic mass is 9.72. The first-order chi connectivity index (χ1) is 19.4. The molecule has 2 heterocycles. The molecular weight excluding hydrogens is 545 g/mol. The Hall–Kier alpha value is -5.19. The Kier molecular flexibility index (Phi) is 8.09. The van der Waals surface area contributed by atoms with E-state index in [4.69, 9.17) is 4.65 Å². The van der Waals surface area contributed by atoms with Crippen LogP contribution in [0.25, 0.3) is 0 Å². The minimum atomic E-state index is -1.71. The average molecular weight is 569 g/mol. The predicted octanol–water partition coefficient (Wildman–Crippen LogP) is -0.420. The van der Waals surface area contributed by atoms with Crippen molar-refractivity contribution in [3.63, 3.8) is 0 Å². The van der Waals surface area contributed by atoms with Crippen LogP contribution >= 0.6 is 0 Å². The fourth-order valence-electron chi connectivity index (χ4n) is 4.52. The Morgan fingerprint density at radius 3 is 2.59 bits per heavy atom. The second kappa shape index (κ2) is 11.5. The Morgan fingerprint density at radius 2 is 1.93 bits per heavy atom. The number of nitrogens with zero attached hydrogens (tertiary/aromatic N) is 3. The Balaban J connectivity index is 1.62. The number of amides is 5. The Bertz CT molecular complexity index is 1450. The summed E-state index contributed by atoms with van der Waals surface area (Å²) >= 11 is 0. The lowest BCUT2D eigenvalue weighted by Gasteiger charge is -2.33. The number of benzene rings is 2. The van der Waals surface area contributed by atoms with Gasteiger partial charge < -0.3 is 35.4 Å². The van der Waals surface area contributed by atoms with Gasteiger partial charge in [-0.15, -0.1) is 0 Å². The Morgan fingerprint density at radius 1 is 1.20 bits per heavy atom. The molecule has 0 saturated carbocycles. The molecule has 5 N–H and O–H groups in total. The van der Waals surface area contributed by atoms with Crippen LogP contribution in [-0.4, -0.2) is 92.4 Å². The van der Waals surface area contributed by atoms with Gasteiger partial charge >= 0.3 is 36.6 Å². The van der Waals surface area contributed by atoms with Gasteiger partial charge in [0.05, 0.1) is 16.4 Å². The summed E-state index contributed by atoms with van der Waals surface area (Å²) in [6, 6.07) is 4.37. The monoisotopic (exact) mass is 569 g/mol. The van der Waals surface area contributed by atoms with E-state index in [0.717, 1.165) is 18.2 Å². The summed E-state index contributed by atoms with van der Waals surface area (Å²) in [5.74, 6) is -6.27. The number of urea groups is 1. The van der Waals surface area contributed by atoms with Gasteiger partial charge in [0.25, 0.3) is 0 Å². The molecular formula is C24H24BN5O11. The number of hydrogen-bond acceptors (Lipinski definition) is 10. The number of carbonyl (C=O) groups is 5. The second-order valence-electron chi connectivity index (χ2n) is 9.16. The highest BCUT2D eigenvalue weighted by Crippen LogP contribution is 2.32. The zero-order valence-corrected chi connectivity index (χ0v) is 21.5. The normalized spacial score (nSPS) is 17.3. The number of carboxylic acid groups (broad SMARTS) is 1. The van der Waals surface area contributed by atoms with E-state index in [2.05, 4.69) is 10.6 Å². The molecule has 0 aliphatic carbocycles. The van der Waals surface area contributed by atoms with Crippen LogP contribution in [0, 0.1) is 10.1 Å². The van der Waals surface area contributed by atoms with Gasteiger partial charge in [-0.25, -0.2) is 9.59 Å². The maximum Gasteiger partial charge on any atom is 0.547 e. The summed E-state index contributed by atoms with van der Waals surface area (Å²) in [6.07, 6.45) is -0.0777. The summed E-state index contributed by atoms with van der Waals surface area (Å²) in [5.41, 5.74) is -0.769. The number of hydrogen-bond donors (Lipinski definition) is 5. The van der Waals surface area contributed by atoms with Gasteiger partial charge in [-0.2, -0.15) is 0 Å². The van der Waals surface area contributed by atoms with Gasteiger partial charge in [-0.1, -0.05) is 18.2 Å². The van der Waals surface area contributed by atoms with Crippen LogP contribution in [0.3, 0.4) is 0 Å². The third-order valence-electron chi connectivity index (χ3n) is 6.67. The summed E-state index contributed by atoms with van der Waals surface area (Å²) in [4.78, 5) is 75.2. The van der Waals surface area contributed by atoms with Crippen molar-refractivity contribution in [1.82, 2.24) is 20.4 Å². The molecule has 17 heteroatoms. The molecule has 2 aromatic rings. The van der Waals surface area contributed by atoms with E-state index >= 15 is 0 Å². The first-order valence-corrected chi connectivity index (χ1v) is 12.3. The number of rotatable bonds is 7. The molecule has 4 rings (SSSR count). The number of phenolic OH excluding ortho intramolecular Hbond substituents is 1. The molecule has 41 heavy (non-hydrogen) atoms. The van der Waals surface area contributed by atoms with E-state index in [-0.39, 0.29) is 42.9 Å². The predicted molar refractivity (Wildman–Crippen MR) is 138 cm³/mol. The molecule has 16 nitrogen and oxygen atoms in total. The lowest BCUT2D eigenvalue weighted by molar-refractivity contribution is -0.385. The molecule has 2 atom stereocenters. The average Bonchev–Trinajstić information content (AvgIpc) is 2.93. The highest BCUT2D eigenvalue weighted by Gasteiger charge is 2.41. The molecule has 0 spiro atoms. The maximum atomic E-state index is 13.5. The summed E-state index contributed by atoms with van der Waals surface area (Å²) in [5, 5.41) is 46.0. The number of likely N-dealkylation sites (N-methyl/N-ethyl adjacent to an activating group) is 1.